The number of hydrogen-bond donors (Lipinski definition) is 6. The number of nitro groups is 2. The van der Waals surface area contributed by atoms with Crippen molar-refractivity contribution in [2.75, 3.05) is 0 Å². The Hall–Kier alpha value is -5.85. The number of hydrogen-bond acceptors (Lipinski definition) is 11. The summed E-state index contributed by atoms with van der Waals surface area (Å²) in [5, 5.41) is 83.2. The second kappa shape index (κ2) is 11.7. The van der Waals surface area contributed by atoms with Crippen LogP contribution >= 0.6 is 0 Å². The number of carbonyl (C=O) groups is 1. The first kappa shape index (κ1) is 29.1. The molecule has 216 valence electrons. The van der Waals surface area contributed by atoms with Crippen LogP contribution in [-0.4, -0.2) is 46.3 Å². The summed E-state index contributed by atoms with van der Waals surface area (Å²) in [6.45, 7) is 0. The van der Waals surface area contributed by atoms with Gasteiger partial charge in [0.2, 0.25) is 11.5 Å². The van der Waals surface area contributed by atoms with Gasteiger partial charge in [0.05, 0.1) is 9.85 Å². The van der Waals surface area contributed by atoms with Crippen molar-refractivity contribution in [2.24, 2.45) is 0 Å². The normalized spacial score (nSPS) is 12.4. The average molecular weight is 577 g/mol. The fraction of sp³-hybridized carbons (Fsp3) is 0.138. The average Bonchev–Trinajstić information content (AvgIpc) is 2.94. The number of ketones is 1. The van der Waals surface area contributed by atoms with E-state index < -0.39 is 61.8 Å². The van der Waals surface area contributed by atoms with Crippen LogP contribution in [-0.2, 0) is 17.6 Å². The van der Waals surface area contributed by atoms with E-state index >= 15 is 0 Å². The summed E-state index contributed by atoms with van der Waals surface area (Å²) in [4.78, 5) is 35.7. The number of carbonyl (C=O) groups excluding carboxylic acids is 1. The monoisotopic (exact) mass is 576 g/mol. The van der Waals surface area contributed by atoms with Crippen LogP contribution in [0.4, 0.5) is 11.4 Å². The van der Waals surface area contributed by atoms with Gasteiger partial charge in [-0.2, -0.15) is 0 Å². The van der Waals surface area contributed by atoms with E-state index in [1.807, 2.05) is 0 Å². The Morgan fingerprint density at radius 1 is 0.595 bits per heavy atom. The van der Waals surface area contributed by atoms with Gasteiger partial charge in [0.25, 0.3) is 0 Å². The third-order valence-electron chi connectivity index (χ3n) is 6.82. The first-order chi connectivity index (χ1) is 19.8. The lowest BCUT2D eigenvalue weighted by Gasteiger charge is -2.24. The topological polar surface area (TPSA) is 225 Å². The lowest BCUT2D eigenvalue weighted by atomic mass is 9.77. The van der Waals surface area contributed by atoms with Gasteiger partial charge in [-0.05, 0) is 71.5 Å². The van der Waals surface area contributed by atoms with E-state index in [4.69, 9.17) is 0 Å². The van der Waals surface area contributed by atoms with E-state index in [2.05, 4.69) is 0 Å². The molecule has 4 rings (SSSR count). The number of phenols is 6. The molecule has 0 aromatic heterocycles. The van der Waals surface area contributed by atoms with E-state index in [1.54, 1.807) is 0 Å². The number of phenolic OH excluding ortho intramolecular Hbond substituents is 6. The second-order valence-corrected chi connectivity index (χ2v) is 9.58. The second-order valence-electron chi connectivity index (χ2n) is 9.58. The zero-order valence-electron chi connectivity index (χ0n) is 21.6. The molecule has 0 saturated heterocycles. The molecular weight excluding hydrogens is 552 g/mol. The van der Waals surface area contributed by atoms with Crippen molar-refractivity contribution in [3.8, 4) is 34.5 Å². The predicted molar refractivity (Wildman–Crippen MR) is 147 cm³/mol. The molecule has 2 atom stereocenters. The van der Waals surface area contributed by atoms with Gasteiger partial charge in [0, 0.05) is 24.0 Å². The Kier molecular flexibility index (Phi) is 8.13. The van der Waals surface area contributed by atoms with Gasteiger partial charge in [0.15, 0.2) is 11.5 Å². The van der Waals surface area contributed by atoms with Crippen molar-refractivity contribution >= 4 is 17.2 Å². The first-order valence-corrected chi connectivity index (χ1v) is 12.4. The molecule has 0 aliphatic heterocycles. The van der Waals surface area contributed by atoms with Crippen molar-refractivity contribution in [3.05, 3.63) is 115 Å². The SMILES string of the molecule is O=C(C(Cc1ccc(O)cc1)c1cc(O)c(O)c([N+](=O)[O-])c1)C(Cc1ccc(O)cc1)c1cc(O)c(O)c([N+](=O)[O-])c1. The molecule has 13 heteroatoms. The molecule has 0 bridgehead atoms. The molecule has 0 amide bonds. The van der Waals surface area contributed by atoms with E-state index in [1.165, 1.54) is 48.5 Å². The summed E-state index contributed by atoms with van der Waals surface area (Å²) >= 11 is 0. The van der Waals surface area contributed by atoms with E-state index in [0.29, 0.717) is 11.1 Å². The molecule has 0 spiro atoms. The van der Waals surface area contributed by atoms with Crippen LogP contribution < -0.4 is 0 Å². The molecule has 0 heterocycles. The highest BCUT2D eigenvalue weighted by Crippen LogP contribution is 2.43. The number of Topliss-reactive ketones (excluding diaryl/α,β-unsaturated/α-hetero) is 1. The maximum atomic E-state index is 14.4. The highest BCUT2D eigenvalue weighted by molar-refractivity contribution is 5.93. The molecule has 4 aromatic carbocycles. The summed E-state index contributed by atoms with van der Waals surface area (Å²) < 4.78 is 0. The molecule has 13 nitrogen and oxygen atoms in total. The smallest absolute Gasteiger partial charge is 0.314 e. The Labute approximate surface area is 237 Å². The summed E-state index contributed by atoms with van der Waals surface area (Å²) in [6.07, 6.45) is -0.225. The minimum Gasteiger partial charge on any atom is -0.508 e. The molecule has 0 aliphatic rings. The zero-order chi connectivity index (χ0) is 30.7. The van der Waals surface area contributed by atoms with E-state index in [9.17, 15) is 55.7 Å². The fourth-order valence-corrected chi connectivity index (χ4v) is 4.68. The molecule has 0 saturated carbocycles. The van der Waals surface area contributed by atoms with Gasteiger partial charge in [-0.25, -0.2) is 0 Å². The van der Waals surface area contributed by atoms with Gasteiger partial charge >= 0.3 is 11.4 Å². The standard InChI is InChI=1S/C29H24N2O11/c32-19-5-1-15(2-6-19)9-21(17-11-23(30(39)40)28(37)25(34)13-17)27(36)22(10-16-3-7-20(33)8-4-16)18-12-24(31(41)42)29(38)26(35)14-18/h1-8,11-14,21-22,32-35,37-38H,9-10H2. The van der Waals surface area contributed by atoms with Gasteiger partial charge < -0.3 is 30.6 Å². The molecule has 0 radical (unpaired) electrons. The largest absolute Gasteiger partial charge is 0.508 e. The lowest BCUT2D eigenvalue weighted by molar-refractivity contribution is -0.386. The Morgan fingerprint density at radius 3 is 1.24 bits per heavy atom. The highest BCUT2D eigenvalue weighted by Gasteiger charge is 2.34. The van der Waals surface area contributed by atoms with Crippen molar-refractivity contribution in [1.82, 2.24) is 0 Å². The van der Waals surface area contributed by atoms with Crippen LogP contribution in [0.25, 0.3) is 0 Å². The fourth-order valence-electron chi connectivity index (χ4n) is 4.68. The molecule has 0 fully saturated rings. The lowest BCUT2D eigenvalue weighted by Crippen LogP contribution is -2.24. The molecular formula is C29H24N2O11. The zero-order valence-corrected chi connectivity index (χ0v) is 21.6. The summed E-state index contributed by atoms with van der Waals surface area (Å²) in [5.41, 5.74) is -0.817. The molecule has 0 aliphatic carbocycles. The van der Waals surface area contributed by atoms with Crippen LogP contribution in [0.2, 0.25) is 0 Å². The van der Waals surface area contributed by atoms with E-state index in [0.717, 1.165) is 24.3 Å². The van der Waals surface area contributed by atoms with Gasteiger partial charge in [-0.3, -0.25) is 25.0 Å². The van der Waals surface area contributed by atoms with Gasteiger partial charge in [0.1, 0.15) is 17.3 Å². The van der Waals surface area contributed by atoms with Crippen molar-refractivity contribution in [3.63, 3.8) is 0 Å². The third-order valence-corrected chi connectivity index (χ3v) is 6.82. The Balaban J connectivity index is 1.92. The number of aromatic hydroxyl groups is 6. The third kappa shape index (κ3) is 6.14. The maximum Gasteiger partial charge on any atom is 0.314 e. The Morgan fingerprint density at radius 2 is 0.929 bits per heavy atom. The van der Waals surface area contributed by atoms with Crippen LogP contribution in [0.5, 0.6) is 34.5 Å². The van der Waals surface area contributed by atoms with E-state index in [-0.39, 0.29) is 35.5 Å². The molecule has 2 unspecified atom stereocenters. The molecule has 42 heavy (non-hydrogen) atoms. The van der Waals surface area contributed by atoms with Crippen LogP contribution in [0.3, 0.4) is 0 Å². The quantitative estimate of drug-likeness (QED) is 0.0864. The van der Waals surface area contributed by atoms with Crippen molar-refractivity contribution in [2.45, 2.75) is 24.7 Å². The van der Waals surface area contributed by atoms with Crippen molar-refractivity contribution < 1.29 is 45.3 Å². The predicted octanol–water partition coefficient (Wildman–Crippen LogP) is 4.66. The van der Waals surface area contributed by atoms with Gasteiger partial charge in [-0.1, -0.05) is 24.3 Å². The summed E-state index contributed by atoms with van der Waals surface area (Å²) in [7, 11) is 0. The highest BCUT2D eigenvalue weighted by atomic mass is 16.6. The number of nitro benzene ring substituents is 2. The molecule has 4 aromatic rings. The summed E-state index contributed by atoms with van der Waals surface area (Å²) in [5.74, 6) is -6.97. The van der Waals surface area contributed by atoms with Crippen LogP contribution in [0, 0.1) is 20.2 Å². The van der Waals surface area contributed by atoms with Crippen LogP contribution in [0.15, 0.2) is 72.8 Å². The first-order valence-electron chi connectivity index (χ1n) is 12.4. The van der Waals surface area contributed by atoms with Crippen LogP contribution in [0.1, 0.15) is 34.1 Å². The Bertz CT molecular complexity index is 1550. The number of rotatable bonds is 10. The minimum absolute atomic E-state index is 0.0525. The maximum absolute atomic E-state index is 14.4. The minimum atomic E-state index is -1.25. The molecule has 6 N–H and O–H groups in total. The van der Waals surface area contributed by atoms with Gasteiger partial charge in [-0.15, -0.1) is 0 Å². The summed E-state index contributed by atoms with van der Waals surface area (Å²) in [6, 6.07) is 15.4. The number of nitrogens with zero attached hydrogens (tertiary/aromatic N) is 2. The number of benzene rings is 4. The van der Waals surface area contributed by atoms with Crippen molar-refractivity contribution in [1.29, 1.82) is 0 Å².